The SMILES string of the molecule is O=c1[nH]c(=O)n([C@H]2CC(O)[C@H](CO)S2)cc1F. The molecule has 94 valence electrons. The van der Waals surface area contributed by atoms with E-state index in [2.05, 4.69) is 0 Å². The number of hydrogen-bond donors (Lipinski definition) is 3. The summed E-state index contributed by atoms with van der Waals surface area (Å²) in [5.74, 6) is -1.05. The van der Waals surface area contributed by atoms with Crippen LogP contribution >= 0.6 is 11.8 Å². The molecule has 3 N–H and O–H groups in total. The average Bonchev–Trinajstić information content (AvgIpc) is 2.65. The molecule has 2 rings (SSSR count). The van der Waals surface area contributed by atoms with Crippen LogP contribution in [-0.2, 0) is 0 Å². The van der Waals surface area contributed by atoms with Gasteiger partial charge in [-0.25, -0.2) is 4.79 Å². The zero-order chi connectivity index (χ0) is 12.6. The van der Waals surface area contributed by atoms with Gasteiger partial charge in [-0.15, -0.1) is 11.8 Å². The molecule has 17 heavy (non-hydrogen) atoms. The van der Waals surface area contributed by atoms with Gasteiger partial charge in [0.2, 0.25) is 5.82 Å². The molecule has 0 aliphatic carbocycles. The Labute approximate surface area is 99.1 Å². The van der Waals surface area contributed by atoms with Crippen LogP contribution in [0.25, 0.3) is 0 Å². The Morgan fingerprint density at radius 2 is 2.29 bits per heavy atom. The van der Waals surface area contributed by atoms with E-state index in [1.807, 2.05) is 4.98 Å². The second-order valence-electron chi connectivity index (χ2n) is 3.76. The fraction of sp³-hybridized carbons (Fsp3) is 0.556. The standard InChI is InChI=1S/C9H11FN2O4S/c10-4-2-12(9(16)11-8(4)15)7-1-5(14)6(3-13)17-7/h2,5-7,13-14H,1,3H2,(H,11,15,16)/t5?,6-,7+/m0/s1. The van der Waals surface area contributed by atoms with Crippen molar-refractivity contribution in [2.75, 3.05) is 6.61 Å². The number of aliphatic hydroxyl groups excluding tert-OH is 2. The number of aromatic amines is 1. The van der Waals surface area contributed by atoms with Crippen LogP contribution in [0.5, 0.6) is 0 Å². The highest BCUT2D eigenvalue weighted by molar-refractivity contribution is 8.00. The molecule has 2 heterocycles. The van der Waals surface area contributed by atoms with E-state index in [0.717, 1.165) is 10.8 Å². The van der Waals surface area contributed by atoms with E-state index in [9.17, 15) is 19.1 Å². The second-order valence-corrected chi connectivity index (χ2v) is 5.18. The van der Waals surface area contributed by atoms with Crippen LogP contribution in [0, 0.1) is 5.82 Å². The molecule has 3 atom stereocenters. The summed E-state index contributed by atoms with van der Waals surface area (Å²) in [6.45, 7) is -0.219. The monoisotopic (exact) mass is 262 g/mol. The first-order valence-electron chi connectivity index (χ1n) is 4.98. The first-order chi connectivity index (χ1) is 8.02. The molecule has 0 radical (unpaired) electrons. The lowest BCUT2D eigenvalue weighted by Gasteiger charge is -2.12. The molecule has 1 fully saturated rings. The van der Waals surface area contributed by atoms with Gasteiger partial charge in [0.15, 0.2) is 0 Å². The highest BCUT2D eigenvalue weighted by atomic mass is 32.2. The number of hydrogen-bond acceptors (Lipinski definition) is 5. The third-order valence-electron chi connectivity index (χ3n) is 2.62. The van der Waals surface area contributed by atoms with Crippen molar-refractivity contribution in [3.8, 4) is 0 Å². The quantitative estimate of drug-likeness (QED) is 0.637. The fourth-order valence-corrected chi connectivity index (χ4v) is 3.10. The highest BCUT2D eigenvalue weighted by Crippen LogP contribution is 2.40. The zero-order valence-electron chi connectivity index (χ0n) is 8.67. The highest BCUT2D eigenvalue weighted by Gasteiger charge is 2.34. The third kappa shape index (κ3) is 2.28. The van der Waals surface area contributed by atoms with Crippen LogP contribution in [0.1, 0.15) is 11.8 Å². The largest absolute Gasteiger partial charge is 0.395 e. The summed E-state index contributed by atoms with van der Waals surface area (Å²) in [4.78, 5) is 24.2. The van der Waals surface area contributed by atoms with Crippen molar-refractivity contribution in [2.24, 2.45) is 0 Å². The molecule has 1 unspecified atom stereocenters. The summed E-state index contributed by atoms with van der Waals surface area (Å²) in [5, 5.41) is 17.7. The van der Waals surface area contributed by atoms with Crippen LogP contribution in [0.15, 0.2) is 15.8 Å². The lowest BCUT2D eigenvalue weighted by molar-refractivity contribution is 0.137. The second kappa shape index (κ2) is 4.63. The molecule has 8 heteroatoms. The van der Waals surface area contributed by atoms with E-state index in [0.29, 0.717) is 0 Å². The van der Waals surface area contributed by atoms with Gasteiger partial charge < -0.3 is 10.2 Å². The number of nitrogens with zero attached hydrogens (tertiary/aromatic N) is 1. The number of nitrogens with one attached hydrogen (secondary N) is 1. The van der Waals surface area contributed by atoms with Crippen LogP contribution in [-0.4, -0.2) is 37.7 Å². The molecular formula is C9H11FN2O4S. The van der Waals surface area contributed by atoms with Gasteiger partial charge in [0.25, 0.3) is 5.56 Å². The van der Waals surface area contributed by atoms with E-state index >= 15 is 0 Å². The van der Waals surface area contributed by atoms with E-state index in [1.165, 1.54) is 11.8 Å². The molecule has 1 aliphatic heterocycles. The van der Waals surface area contributed by atoms with Gasteiger partial charge in [0.1, 0.15) is 0 Å². The summed E-state index contributed by atoms with van der Waals surface area (Å²) >= 11 is 1.17. The summed E-state index contributed by atoms with van der Waals surface area (Å²) in [5.41, 5.74) is -1.78. The molecule has 1 aromatic heterocycles. The van der Waals surface area contributed by atoms with E-state index in [1.54, 1.807) is 0 Å². The lowest BCUT2D eigenvalue weighted by Crippen LogP contribution is -2.32. The van der Waals surface area contributed by atoms with Gasteiger partial charge in [0.05, 0.1) is 29.5 Å². The maximum atomic E-state index is 13.1. The summed E-state index contributed by atoms with van der Waals surface area (Å²) < 4.78 is 14.1. The molecule has 0 amide bonds. The summed E-state index contributed by atoms with van der Waals surface area (Å²) in [6.07, 6.45) is 0.295. The first-order valence-corrected chi connectivity index (χ1v) is 5.92. The Hall–Kier alpha value is -1.12. The molecule has 1 aliphatic rings. The first kappa shape index (κ1) is 12.3. The van der Waals surface area contributed by atoms with Crippen molar-refractivity contribution in [3.63, 3.8) is 0 Å². The molecule has 0 bridgehead atoms. The molecule has 1 saturated heterocycles. The Bertz CT molecular complexity index is 528. The fourth-order valence-electron chi connectivity index (χ4n) is 1.72. The number of aliphatic hydroxyl groups is 2. The van der Waals surface area contributed by atoms with E-state index < -0.39 is 33.8 Å². The van der Waals surface area contributed by atoms with Gasteiger partial charge >= 0.3 is 5.69 Å². The third-order valence-corrected chi connectivity index (χ3v) is 4.17. The summed E-state index contributed by atoms with van der Waals surface area (Å²) in [6, 6.07) is 0. The van der Waals surface area contributed by atoms with E-state index in [-0.39, 0.29) is 13.0 Å². The molecule has 0 spiro atoms. The molecule has 6 nitrogen and oxygen atoms in total. The van der Waals surface area contributed by atoms with Crippen molar-refractivity contribution >= 4 is 11.8 Å². The molecular weight excluding hydrogens is 251 g/mol. The maximum Gasteiger partial charge on any atom is 0.329 e. The van der Waals surface area contributed by atoms with Crippen molar-refractivity contribution in [3.05, 3.63) is 32.9 Å². The number of thioether (sulfide) groups is 1. The Kier molecular flexibility index (Phi) is 3.36. The van der Waals surface area contributed by atoms with Crippen molar-refractivity contribution in [2.45, 2.75) is 23.1 Å². The normalized spacial score (nSPS) is 28.5. The van der Waals surface area contributed by atoms with Gasteiger partial charge in [0, 0.05) is 6.42 Å². The predicted octanol–water partition coefficient (Wildman–Crippen LogP) is -0.967. The van der Waals surface area contributed by atoms with Gasteiger partial charge in [-0.1, -0.05) is 0 Å². The van der Waals surface area contributed by atoms with Crippen molar-refractivity contribution in [1.82, 2.24) is 9.55 Å². The van der Waals surface area contributed by atoms with Gasteiger partial charge in [-0.3, -0.25) is 14.3 Å². The molecule has 0 saturated carbocycles. The van der Waals surface area contributed by atoms with Crippen LogP contribution in [0.4, 0.5) is 4.39 Å². The van der Waals surface area contributed by atoms with Crippen LogP contribution < -0.4 is 11.2 Å². The Morgan fingerprint density at radius 1 is 1.59 bits per heavy atom. The topological polar surface area (TPSA) is 95.3 Å². The van der Waals surface area contributed by atoms with Gasteiger partial charge in [-0.2, -0.15) is 4.39 Å². The lowest BCUT2D eigenvalue weighted by atomic mass is 10.2. The molecule has 1 aromatic rings. The maximum absolute atomic E-state index is 13.1. The van der Waals surface area contributed by atoms with E-state index in [4.69, 9.17) is 5.11 Å². The number of halogens is 1. The van der Waals surface area contributed by atoms with Gasteiger partial charge in [-0.05, 0) is 0 Å². The Balaban J connectivity index is 2.34. The number of aromatic nitrogens is 2. The Morgan fingerprint density at radius 3 is 2.88 bits per heavy atom. The molecule has 0 aromatic carbocycles. The zero-order valence-corrected chi connectivity index (χ0v) is 9.48. The summed E-state index contributed by atoms with van der Waals surface area (Å²) in [7, 11) is 0. The minimum Gasteiger partial charge on any atom is -0.395 e. The predicted molar refractivity (Wildman–Crippen MR) is 59.4 cm³/mol. The average molecular weight is 262 g/mol. The smallest absolute Gasteiger partial charge is 0.329 e. The minimum atomic E-state index is -1.06. The number of H-pyrrole nitrogens is 1. The van der Waals surface area contributed by atoms with Crippen LogP contribution in [0.2, 0.25) is 0 Å². The van der Waals surface area contributed by atoms with Crippen molar-refractivity contribution in [1.29, 1.82) is 0 Å². The van der Waals surface area contributed by atoms with Crippen LogP contribution in [0.3, 0.4) is 0 Å². The van der Waals surface area contributed by atoms with Crippen molar-refractivity contribution < 1.29 is 14.6 Å². The minimum absolute atomic E-state index is 0.219. The number of rotatable bonds is 2.